The van der Waals surface area contributed by atoms with Crippen molar-refractivity contribution in [3.63, 3.8) is 0 Å². The zero-order valence-corrected chi connectivity index (χ0v) is 12.8. The number of amides is 1. The number of aromatic nitrogens is 2. The van der Waals surface area contributed by atoms with E-state index >= 15 is 0 Å². The Bertz CT molecular complexity index is 883. The van der Waals surface area contributed by atoms with Gasteiger partial charge in [-0.1, -0.05) is 12.1 Å². The number of hydrazone groups is 1. The summed E-state index contributed by atoms with van der Waals surface area (Å²) in [6.45, 7) is 1.83. The van der Waals surface area contributed by atoms with Crippen LogP contribution in [0.15, 0.2) is 53.9 Å². The summed E-state index contributed by atoms with van der Waals surface area (Å²) in [5, 5.41) is 4.15. The highest BCUT2D eigenvalue weighted by molar-refractivity contribution is 6.01. The van der Waals surface area contributed by atoms with Gasteiger partial charge in [-0.25, -0.2) is 10.4 Å². The van der Waals surface area contributed by atoms with Gasteiger partial charge in [0.05, 0.1) is 30.2 Å². The third kappa shape index (κ3) is 3.21. The number of nitrogens with one attached hydrogen (secondary N) is 2. The predicted molar refractivity (Wildman–Crippen MR) is 88.8 cm³/mol. The fraction of sp³-hybridized carbons (Fsp3) is 0.118. The van der Waals surface area contributed by atoms with Gasteiger partial charge in [0.15, 0.2) is 0 Å². The van der Waals surface area contributed by atoms with Gasteiger partial charge in [0, 0.05) is 11.1 Å². The zero-order valence-electron chi connectivity index (χ0n) is 12.8. The number of carbonyl (C=O) groups is 1. The summed E-state index contributed by atoms with van der Waals surface area (Å²) >= 11 is 0. The molecule has 0 spiro atoms. The minimum atomic E-state index is -0.274. The first-order valence-corrected chi connectivity index (χ1v) is 7.09. The number of rotatable bonds is 4. The lowest BCUT2D eigenvalue weighted by Gasteiger charge is -2.05. The first-order chi connectivity index (χ1) is 11.2. The average molecular weight is 308 g/mol. The Morgan fingerprint density at radius 1 is 1.22 bits per heavy atom. The van der Waals surface area contributed by atoms with Crippen LogP contribution in [0.3, 0.4) is 0 Å². The third-order valence-corrected chi connectivity index (χ3v) is 3.50. The second-order valence-electron chi connectivity index (χ2n) is 5.00. The summed E-state index contributed by atoms with van der Waals surface area (Å²) in [6.07, 6.45) is 1.59. The first-order valence-electron chi connectivity index (χ1n) is 7.09. The smallest absolute Gasteiger partial charge is 0.271 e. The highest BCUT2D eigenvalue weighted by Gasteiger charge is 2.07. The van der Waals surface area contributed by atoms with Crippen LogP contribution >= 0.6 is 0 Å². The summed E-state index contributed by atoms with van der Waals surface area (Å²) in [7, 11) is 1.61. The van der Waals surface area contributed by atoms with Gasteiger partial charge in [-0.3, -0.25) is 4.79 Å². The molecule has 3 aromatic rings. The van der Waals surface area contributed by atoms with Crippen LogP contribution in [0.5, 0.6) is 5.75 Å². The van der Waals surface area contributed by atoms with E-state index in [1.54, 1.807) is 31.6 Å². The lowest BCUT2D eigenvalue weighted by atomic mass is 10.1. The van der Waals surface area contributed by atoms with Crippen molar-refractivity contribution >= 4 is 22.7 Å². The van der Waals surface area contributed by atoms with Gasteiger partial charge in [0.25, 0.3) is 5.91 Å². The Morgan fingerprint density at radius 3 is 2.91 bits per heavy atom. The molecule has 1 amide bonds. The van der Waals surface area contributed by atoms with Gasteiger partial charge in [-0.05, 0) is 37.3 Å². The molecule has 116 valence electrons. The fourth-order valence-electron chi connectivity index (χ4n) is 2.19. The molecule has 1 heterocycles. The second-order valence-corrected chi connectivity index (χ2v) is 5.00. The van der Waals surface area contributed by atoms with E-state index < -0.39 is 0 Å². The summed E-state index contributed by atoms with van der Waals surface area (Å²) < 4.78 is 5.18. The second kappa shape index (κ2) is 6.31. The van der Waals surface area contributed by atoms with Gasteiger partial charge in [0.1, 0.15) is 5.75 Å². The molecule has 3 rings (SSSR count). The fourth-order valence-corrected chi connectivity index (χ4v) is 2.19. The molecule has 1 aromatic heterocycles. The number of hydrogen-bond donors (Lipinski definition) is 2. The predicted octanol–water partition coefficient (Wildman–Crippen LogP) is 2.73. The molecule has 6 heteroatoms. The molecule has 0 atom stereocenters. The molecule has 0 fully saturated rings. The molecular formula is C17H16N4O2. The Hall–Kier alpha value is -3.15. The minimum Gasteiger partial charge on any atom is -0.497 e. The van der Waals surface area contributed by atoms with Crippen LogP contribution in [-0.2, 0) is 0 Å². The SMILES string of the molecule is COc1cccc(C(C)=NNC(=O)c2ccc3nc[nH]c3c2)c1. The van der Waals surface area contributed by atoms with Crippen LogP contribution < -0.4 is 10.2 Å². The van der Waals surface area contributed by atoms with E-state index in [2.05, 4.69) is 20.5 Å². The lowest BCUT2D eigenvalue weighted by Crippen LogP contribution is -2.19. The minimum absolute atomic E-state index is 0.274. The van der Waals surface area contributed by atoms with Gasteiger partial charge < -0.3 is 9.72 Å². The molecule has 0 saturated heterocycles. The van der Waals surface area contributed by atoms with Crippen LogP contribution in [0.25, 0.3) is 11.0 Å². The molecule has 0 unspecified atom stereocenters. The van der Waals surface area contributed by atoms with Crippen LogP contribution in [0, 0.1) is 0 Å². The van der Waals surface area contributed by atoms with Crippen molar-refractivity contribution < 1.29 is 9.53 Å². The van der Waals surface area contributed by atoms with Crippen molar-refractivity contribution in [2.45, 2.75) is 6.92 Å². The average Bonchev–Trinajstić information content (AvgIpc) is 3.07. The summed E-state index contributed by atoms with van der Waals surface area (Å²) in [5.41, 5.74) is 6.29. The van der Waals surface area contributed by atoms with E-state index in [1.807, 2.05) is 31.2 Å². The first kappa shape index (κ1) is 14.8. The van der Waals surface area contributed by atoms with Gasteiger partial charge in [-0.2, -0.15) is 5.10 Å². The van der Waals surface area contributed by atoms with Gasteiger partial charge in [-0.15, -0.1) is 0 Å². The number of benzene rings is 2. The van der Waals surface area contributed by atoms with E-state index in [9.17, 15) is 4.79 Å². The molecule has 0 aliphatic heterocycles. The molecule has 0 radical (unpaired) electrons. The van der Waals surface area contributed by atoms with Crippen molar-refractivity contribution in [1.29, 1.82) is 0 Å². The monoisotopic (exact) mass is 308 g/mol. The number of carbonyl (C=O) groups excluding carboxylic acids is 1. The number of ether oxygens (including phenoxy) is 1. The summed E-state index contributed by atoms with van der Waals surface area (Å²) in [5.74, 6) is 0.469. The lowest BCUT2D eigenvalue weighted by molar-refractivity contribution is 0.0955. The molecule has 6 nitrogen and oxygen atoms in total. The van der Waals surface area contributed by atoms with E-state index in [4.69, 9.17) is 4.74 Å². The standard InChI is InChI=1S/C17H16N4O2/c1-11(12-4-3-5-14(8-12)23-2)20-21-17(22)13-6-7-15-16(9-13)19-10-18-15/h3-10H,1-2H3,(H,18,19)(H,21,22). The van der Waals surface area contributed by atoms with Gasteiger partial charge >= 0.3 is 0 Å². The Kier molecular flexibility index (Phi) is 4.05. The molecule has 0 saturated carbocycles. The van der Waals surface area contributed by atoms with Crippen molar-refractivity contribution in [3.05, 3.63) is 59.9 Å². The van der Waals surface area contributed by atoms with Crippen LogP contribution in [0.1, 0.15) is 22.8 Å². The van der Waals surface area contributed by atoms with Crippen molar-refractivity contribution in [2.75, 3.05) is 7.11 Å². The van der Waals surface area contributed by atoms with Gasteiger partial charge in [0.2, 0.25) is 0 Å². The number of hydrogen-bond acceptors (Lipinski definition) is 4. The maximum atomic E-state index is 12.2. The Labute approximate surface area is 133 Å². The van der Waals surface area contributed by atoms with Crippen molar-refractivity contribution in [1.82, 2.24) is 15.4 Å². The number of aromatic amines is 1. The van der Waals surface area contributed by atoms with Crippen molar-refractivity contribution in [2.24, 2.45) is 5.10 Å². The largest absolute Gasteiger partial charge is 0.497 e. The zero-order chi connectivity index (χ0) is 16.2. The Balaban J connectivity index is 1.76. The quantitative estimate of drug-likeness (QED) is 0.574. The molecule has 0 aliphatic carbocycles. The maximum absolute atomic E-state index is 12.2. The number of fused-ring (bicyclic) bond motifs is 1. The molecule has 2 aromatic carbocycles. The highest BCUT2D eigenvalue weighted by atomic mass is 16.5. The normalized spacial score (nSPS) is 11.5. The van der Waals surface area contributed by atoms with Crippen LogP contribution in [-0.4, -0.2) is 28.7 Å². The molecule has 0 aliphatic rings. The van der Waals surface area contributed by atoms with Crippen LogP contribution in [0.4, 0.5) is 0 Å². The Morgan fingerprint density at radius 2 is 2.09 bits per heavy atom. The summed E-state index contributed by atoms with van der Waals surface area (Å²) in [6, 6.07) is 12.8. The van der Waals surface area contributed by atoms with E-state index in [0.717, 1.165) is 22.3 Å². The molecule has 0 bridgehead atoms. The molecule has 23 heavy (non-hydrogen) atoms. The summed E-state index contributed by atoms with van der Waals surface area (Å²) in [4.78, 5) is 19.3. The third-order valence-electron chi connectivity index (χ3n) is 3.50. The van der Waals surface area contributed by atoms with Crippen molar-refractivity contribution in [3.8, 4) is 5.75 Å². The van der Waals surface area contributed by atoms with E-state index in [-0.39, 0.29) is 5.91 Å². The topological polar surface area (TPSA) is 79.4 Å². The highest BCUT2D eigenvalue weighted by Crippen LogP contribution is 2.14. The van der Waals surface area contributed by atoms with E-state index in [1.165, 1.54) is 0 Å². The number of methoxy groups -OCH3 is 1. The number of imidazole rings is 1. The number of nitrogens with zero attached hydrogens (tertiary/aromatic N) is 2. The molecule has 2 N–H and O–H groups in total. The molecular weight excluding hydrogens is 292 g/mol. The maximum Gasteiger partial charge on any atom is 0.271 e. The van der Waals surface area contributed by atoms with E-state index in [0.29, 0.717) is 11.3 Å². The number of H-pyrrole nitrogens is 1. The van der Waals surface area contributed by atoms with Crippen LogP contribution in [0.2, 0.25) is 0 Å².